The van der Waals surface area contributed by atoms with Gasteiger partial charge in [0.1, 0.15) is 0 Å². The molecule has 0 saturated carbocycles. The Bertz CT molecular complexity index is 1310. The van der Waals surface area contributed by atoms with E-state index in [2.05, 4.69) is 15.3 Å². The maximum Gasteiger partial charge on any atom is 0.262 e. The second-order valence-corrected chi connectivity index (χ2v) is 8.67. The maximum atomic E-state index is 12.6. The number of aryl methyl sites for hydroxylation is 1. The first kappa shape index (κ1) is 18.7. The number of aromatic amines is 1. The van der Waals surface area contributed by atoms with Crippen LogP contribution >= 0.6 is 34.9 Å². The number of hydrogen-bond acceptors (Lipinski definition) is 6. The second-order valence-electron chi connectivity index (χ2n) is 6.14. The fraction of sp³-hybridized carbons (Fsp3) is 0.158. The number of fused-ring (bicyclic) bond motifs is 1. The zero-order valence-electron chi connectivity index (χ0n) is 15.1. The zero-order chi connectivity index (χ0) is 19.8. The summed E-state index contributed by atoms with van der Waals surface area (Å²) in [6.45, 7) is 4.39. The lowest BCUT2D eigenvalue weighted by Gasteiger charge is -2.07. The molecule has 0 aliphatic heterocycles. The first-order valence-electron chi connectivity index (χ1n) is 8.57. The summed E-state index contributed by atoms with van der Waals surface area (Å²) in [4.78, 5) is 34.9. The Labute approximate surface area is 173 Å². The number of anilines is 1. The van der Waals surface area contributed by atoms with Gasteiger partial charge in [0.2, 0.25) is 0 Å². The quantitative estimate of drug-likeness (QED) is 0.457. The van der Waals surface area contributed by atoms with Gasteiger partial charge in [-0.25, -0.2) is 4.98 Å². The zero-order valence-corrected chi connectivity index (χ0v) is 17.6. The standard InChI is InChI=1S/C19H16N4O2S3/c1-3-23-17(25)12-6-5-11(8-13(12)21-19(23)26)16(24)22-18-20-14(9-27-18)15-7-4-10(2)28-15/h4-9H,3H2,1-2H3,(H,21,26)(H,20,22,24). The molecule has 0 aliphatic carbocycles. The number of carbonyl (C=O) groups is 1. The first-order chi connectivity index (χ1) is 13.5. The van der Waals surface area contributed by atoms with Gasteiger partial charge in [0.25, 0.3) is 11.5 Å². The van der Waals surface area contributed by atoms with Crippen molar-refractivity contribution in [3.05, 3.63) is 61.3 Å². The third-order valence-corrected chi connectivity index (χ3v) is 6.38. The van der Waals surface area contributed by atoms with E-state index in [-0.39, 0.29) is 11.5 Å². The molecule has 3 heterocycles. The van der Waals surface area contributed by atoms with Crippen molar-refractivity contribution in [2.45, 2.75) is 20.4 Å². The van der Waals surface area contributed by atoms with Crippen LogP contribution in [0.3, 0.4) is 0 Å². The summed E-state index contributed by atoms with van der Waals surface area (Å²) < 4.78 is 1.83. The molecule has 0 atom stereocenters. The largest absolute Gasteiger partial charge is 0.332 e. The third-order valence-electron chi connectivity index (χ3n) is 4.28. The number of nitrogens with one attached hydrogen (secondary N) is 2. The molecular formula is C19H16N4O2S3. The van der Waals surface area contributed by atoms with Crippen LogP contribution in [0.5, 0.6) is 0 Å². The van der Waals surface area contributed by atoms with E-state index in [0.717, 1.165) is 10.6 Å². The van der Waals surface area contributed by atoms with Crippen molar-refractivity contribution in [3.63, 3.8) is 0 Å². The molecule has 0 spiro atoms. The Morgan fingerprint density at radius 2 is 2.14 bits per heavy atom. The van der Waals surface area contributed by atoms with Crippen LogP contribution in [-0.4, -0.2) is 20.4 Å². The van der Waals surface area contributed by atoms with Crippen LogP contribution in [0.2, 0.25) is 0 Å². The van der Waals surface area contributed by atoms with Crippen LogP contribution in [0, 0.1) is 11.7 Å². The van der Waals surface area contributed by atoms with Crippen molar-refractivity contribution in [3.8, 4) is 10.6 Å². The lowest BCUT2D eigenvalue weighted by atomic mass is 10.1. The molecule has 4 rings (SSSR count). The lowest BCUT2D eigenvalue weighted by molar-refractivity contribution is 0.102. The topological polar surface area (TPSA) is 79.8 Å². The molecule has 0 radical (unpaired) electrons. The maximum absolute atomic E-state index is 12.6. The summed E-state index contributed by atoms with van der Waals surface area (Å²) in [6, 6.07) is 8.98. The molecule has 28 heavy (non-hydrogen) atoms. The fourth-order valence-corrected chi connectivity index (χ4v) is 4.80. The molecule has 0 aliphatic rings. The molecule has 0 saturated heterocycles. The highest BCUT2D eigenvalue weighted by molar-refractivity contribution is 7.71. The molecular weight excluding hydrogens is 412 g/mol. The molecule has 0 bridgehead atoms. The Morgan fingerprint density at radius 1 is 1.32 bits per heavy atom. The minimum Gasteiger partial charge on any atom is -0.332 e. The summed E-state index contributed by atoms with van der Waals surface area (Å²) in [6.07, 6.45) is 0. The monoisotopic (exact) mass is 428 g/mol. The lowest BCUT2D eigenvalue weighted by Crippen LogP contribution is -2.21. The number of thiazole rings is 1. The van der Waals surface area contributed by atoms with Gasteiger partial charge >= 0.3 is 0 Å². The Hall–Kier alpha value is -2.62. The number of benzene rings is 1. The van der Waals surface area contributed by atoms with Crippen molar-refractivity contribution in [1.29, 1.82) is 0 Å². The van der Waals surface area contributed by atoms with E-state index in [1.165, 1.54) is 20.8 Å². The van der Waals surface area contributed by atoms with Crippen LogP contribution in [0.15, 0.2) is 40.5 Å². The van der Waals surface area contributed by atoms with Crippen LogP contribution in [0.4, 0.5) is 5.13 Å². The molecule has 3 aromatic heterocycles. The summed E-state index contributed by atoms with van der Waals surface area (Å²) in [5.41, 5.74) is 1.65. The molecule has 2 N–H and O–H groups in total. The molecule has 142 valence electrons. The van der Waals surface area contributed by atoms with Crippen LogP contribution in [0.1, 0.15) is 22.2 Å². The molecule has 9 heteroatoms. The average Bonchev–Trinajstić information content (AvgIpc) is 3.30. The minimum atomic E-state index is -0.288. The number of hydrogen-bond donors (Lipinski definition) is 2. The normalized spacial score (nSPS) is 11.1. The van der Waals surface area contributed by atoms with Crippen molar-refractivity contribution in [1.82, 2.24) is 14.5 Å². The van der Waals surface area contributed by atoms with Gasteiger partial charge in [-0.05, 0) is 56.4 Å². The van der Waals surface area contributed by atoms with E-state index >= 15 is 0 Å². The number of thiophene rings is 1. The van der Waals surface area contributed by atoms with Gasteiger partial charge < -0.3 is 4.98 Å². The predicted molar refractivity (Wildman–Crippen MR) is 117 cm³/mol. The van der Waals surface area contributed by atoms with Gasteiger partial charge in [-0.1, -0.05) is 0 Å². The van der Waals surface area contributed by atoms with Gasteiger partial charge in [0, 0.05) is 22.4 Å². The van der Waals surface area contributed by atoms with Gasteiger partial charge in [-0.2, -0.15) is 0 Å². The highest BCUT2D eigenvalue weighted by Crippen LogP contribution is 2.30. The van der Waals surface area contributed by atoms with Crippen LogP contribution < -0.4 is 10.9 Å². The van der Waals surface area contributed by atoms with E-state index in [1.54, 1.807) is 29.5 Å². The number of carbonyl (C=O) groups excluding carboxylic acids is 1. The molecule has 0 fully saturated rings. The van der Waals surface area contributed by atoms with Crippen molar-refractivity contribution >= 4 is 56.8 Å². The molecule has 0 unspecified atom stereocenters. The third kappa shape index (κ3) is 3.44. The molecule has 1 aromatic carbocycles. The second kappa shape index (κ2) is 7.42. The molecule has 4 aromatic rings. The molecule has 1 amide bonds. The average molecular weight is 429 g/mol. The van der Waals surface area contributed by atoms with Crippen molar-refractivity contribution in [2.75, 3.05) is 5.32 Å². The van der Waals surface area contributed by atoms with E-state index < -0.39 is 0 Å². The highest BCUT2D eigenvalue weighted by atomic mass is 32.1. The van der Waals surface area contributed by atoms with Crippen molar-refractivity contribution < 1.29 is 4.79 Å². The molecule has 6 nitrogen and oxygen atoms in total. The number of nitrogens with zero attached hydrogens (tertiary/aromatic N) is 2. The summed E-state index contributed by atoms with van der Waals surface area (Å²) in [5.74, 6) is -0.288. The van der Waals surface area contributed by atoms with E-state index in [1.807, 2.05) is 31.4 Å². The van der Waals surface area contributed by atoms with Gasteiger partial charge in [-0.15, -0.1) is 22.7 Å². The fourth-order valence-electron chi connectivity index (χ4n) is 2.87. The predicted octanol–water partition coefficient (Wildman–Crippen LogP) is 4.82. The Morgan fingerprint density at radius 3 is 2.86 bits per heavy atom. The Balaban J connectivity index is 1.62. The SMILES string of the molecule is CCn1c(=S)[nH]c2cc(C(=O)Nc3nc(-c4ccc(C)s4)cs3)ccc2c1=O. The van der Waals surface area contributed by atoms with Crippen LogP contribution in [0.25, 0.3) is 21.5 Å². The first-order valence-corrected chi connectivity index (χ1v) is 10.7. The van der Waals surface area contributed by atoms with E-state index in [9.17, 15) is 9.59 Å². The van der Waals surface area contributed by atoms with Crippen molar-refractivity contribution in [2.24, 2.45) is 0 Å². The number of amides is 1. The highest BCUT2D eigenvalue weighted by Gasteiger charge is 2.13. The number of H-pyrrole nitrogens is 1. The van der Waals surface area contributed by atoms with Gasteiger partial charge in [0.15, 0.2) is 9.90 Å². The van der Waals surface area contributed by atoms with Crippen LogP contribution in [-0.2, 0) is 6.54 Å². The number of rotatable bonds is 4. The van der Waals surface area contributed by atoms with E-state index in [4.69, 9.17) is 12.2 Å². The minimum absolute atomic E-state index is 0.163. The summed E-state index contributed by atoms with van der Waals surface area (Å²) >= 11 is 8.27. The smallest absolute Gasteiger partial charge is 0.262 e. The summed E-state index contributed by atoms with van der Waals surface area (Å²) in [7, 11) is 0. The van der Waals surface area contributed by atoms with Gasteiger partial charge in [0.05, 0.1) is 21.5 Å². The van der Waals surface area contributed by atoms with E-state index in [0.29, 0.717) is 32.9 Å². The number of aromatic nitrogens is 3. The summed E-state index contributed by atoms with van der Waals surface area (Å²) in [5, 5.41) is 5.77. The Kier molecular flexibility index (Phi) is 4.96. The van der Waals surface area contributed by atoms with Gasteiger partial charge in [-0.3, -0.25) is 19.5 Å².